The monoisotopic (exact) mass is 224 g/mol. The molecule has 2 rings (SSSR count). The molecule has 2 nitrogen and oxygen atoms in total. The van der Waals surface area contributed by atoms with Gasteiger partial charge in [0.25, 0.3) is 0 Å². The average molecular weight is 225 g/mol. The maximum absolute atomic E-state index is 5.90. The molecule has 1 aliphatic heterocycles. The van der Waals surface area contributed by atoms with Gasteiger partial charge in [-0.15, -0.1) is 0 Å². The normalized spacial score (nSPS) is 18.3. The Morgan fingerprint density at radius 3 is 2.33 bits per heavy atom. The molecule has 82 valence electrons. The van der Waals surface area contributed by atoms with Gasteiger partial charge in [-0.1, -0.05) is 36.9 Å². The topological polar surface area (TPSA) is 16.1 Å². The molecular formula is C12H17ClN2. The second-order valence-electron chi connectivity index (χ2n) is 4.07. The number of halogens is 1. The summed E-state index contributed by atoms with van der Waals surface area (Å²) in [6.07, 6.45) is 6.62. The summed E-state index contributed by atoms with van der Waals surface area (Å²) in [6.45, 7) is 2.24. The Labute approximate surface area is 96.3 Å². The highest BCUT2D eigenvalue weighted by molar-refractivity contribution is 6.29. The lowest BCUT2D eigenvalue weighted by Crippen LogP contribution is -2.27. The Kier molecular flexibility index (Phi) is 3.84. The number of anilines is 1. The molecule has 0 radical (unpaired) electrons. The van der Waals surface area contributed by atoms with Crippen molar-refractivity contribution in [1.29, 1.82) is 0 Å². The summed E-state index contributed by atoms with van der Waals surface area (Å²) in [5, 5.41) is 0.592. The number of pyridine rings is 1. The molecule has 0 unspecified atom stereocenters. The lowest BCUT2D eigenvalue weighted by Gasteiger charge is -2.25. The van der Waals surface area contributed by atoms with Crippen LogP contribution in [0.2, 0.25) is 5.15 Å². The largest absolute Gasteiger partial charge is 0.357 e. The molecule has 0 N–H and O–H groups in total. The van der Waals surface area contributed by atoms with E-state index < -0.39 is 0 Å². The van der Waals surface area contributed by atoms with Gasteiger partial charge < -0.3 is 4.90 Å². The summed E-state index contributed by atoms with van der Waals surface area (Å²) in [5.41, 5.74) is 0. The summed E-state index contributed by atoms with van der Waals surface area (Å²) < 4.78 is 0. The molecule has 0 spiro atoms. The molecule has 1 saturated heterocycles. The van der Waals surface area contributed by atoms with Gasteiger partial charge in [0.05, 0.1) is 0 Å². The highest BCUT2D eigenvalue weighted by Gasteiger charge is 2.09. The number of hydrogen-bond acceptors (Lipinski definition) is 2. The van der Waals surface area contributed by atoms with Crippen LogP contribution in [-0.4, -0.2) is 18.1 Å². The molecule has 15 heavy (non-hydrogen) atoms. The molecule has 1 aliphatic rings. The Balaban J connectivity index is 2.06. The van der Waals surface area contributed by atoms with Crippen molar-refractivity contribution in [1.82, 2.24) is 4.98 Å². The van der Waals surface area contributed by atoms with Crippen LogP contribution in [0.3, 0.4) is 0 Å². The summed E-state index contributed by atoms with van der Waals surface area (Å²) >= 11 is 5.90. The maximum atomic E-state index is 5.90. The van der Waals surface area contributed by atoms with Crippen LogP contribution in [0.25, 0.3) is 0 Å². The van der Waals surface area contributed by atoms with Gasteiger partial charge in [0, 0.05) is 13.1 Å². The third kappa shape index (κ3) is 3.10. The molecular weight excluding hydrogens is 208 g/mol. The van der Waals surface area contributed by atoms with Gasteiger partial charge in [0.1, 0.15) is 11.0 Å². The molecule has 0 amide bonds. The summed E-state index contributed by atoms with van der Waals surface area (Å²) in [6, 6.07) is 5.85. The highest BCUT2D eigenvalue weighted by Crippen LogP contribution is 2.18. The molecule has 3 heteroatoms. The first-order valence-corrected chi connectivity index (χ1v) is 6.11. The Morgan fingerprint density at radius 1 is 1.00 bits per heavy atom. The van der Waals surface area contributed by atoms with Crippen LogP contribution in [0.4, 0.5) is 5.82 Å². The summed E-state index contributed by atoms with van der Waals surface area (Å²) in [7, 11) is 0. The second kappa shape index (κ2) is 5.36. The molecule has 0 saturated carbocycles. The summed E-state index contributed by atoms with van der Waals surface area (Å²) in [5.74, 6) is 1.03. The third-order valence-corrected chi connectivity index (χ3v) is 3.09. The number of rotatable bonds is 1. The Morgan fingerprint density at radius 2 is 1.67 bits per heavy atom. The minimum absolute atomic E-state index is 0.592. The zero-order valence-corrected chi connectivity index (χ0v) is 9.71. The van der Waals surface area contributed by atoms with Crippen LogP contribution in [-0.2, 0) is 0 Å². The van der Waals surface area contributed by atoms with E-state index in [1.54, 1.807) is 0 Å². The highest BCUT2D eigenvalue weighted by atomic mass is 35.5. The first-order chi connectivity index (χ1) is 7.36. The molecule has 0 atom stereocenters. The van der Waals surface area contributed by atoms with E-state index in [1.165, 1.54) is 32.1 Å². The van der Waals surface area contributed by atoms with Gasteiger partial charge in [-0.05, 0) is 25.0 Å². The SMILES string of the molecule is Clc1cccc(N2CCCCCCC2)n1. The number of nitrogens with zero attached hydrogens (tertiary/aromatic N) is 2. The van der Waals surface area contributed by atoms with Gasteiger partial charge in [-0.3, -0.25) is 0 Å². The van der Waals surface area contributed by atoms with E-state index in [-0.39, 0.29) is 0 Å². The predicted octanol–water partition coefficient (Wildman–Crippen LogP) is 3.51. The quantitative estimate of drug-likeness (QED) is 0.679. The van der Waals surface area contributed by atoms with Crippen LogP contribution in [0, 0.1) is 0 Å². The van der Waals surface area contributed by atoms with E-state index >= 15 is 0 Å². The Hall–Kier alpha value is -0.760. The third-order valence-electron chi connectivity index (χ3n) is 2.88. The lowest BCUT2D eigenvalue weighted by atomic mass is 10.1. The van der Waals surface area contributed by atoms with Crippen LogP contribution in [0.1, 0.15) is 32.1 Å². The fraction of sp³-hybridized carbons (Fsp3) is 0.583. The molecule has 2 heterocycles. The lowest BCUT2D eigenvalue weighted by molar-refractivity contribution is 0.554. The van der Waals surface area contributed by atoms with E-state index in [0.717, 1.165) is 18.9 Å². The standard InChI is InChI=1S/C12H17ClN2/c13-11-7-6-8-12(14-11)15-9-4-2-1-3-5-10-15/h6-8H,1-5,9-10H2. The van der Waals surface area contributed by atoms with Crippen LogP contribution in [0.15, 0.2) is 18.2 Å². The van der Waals surface area contributed by atoms with E-state index in [2.05, 4.69) is 9.88 Å². The van der Waals surface area contributed by atoms with E-state index in [4.69, 9.17) is 11.6 Å². The second-order valence-corrected chi connectivity index (χ2v) is 4.46. The van der Waals surface area contributed by atoms with Crippen molar-refractivity contribution in [2.75, 3.05) is 18.0 Å². The smallest absolute Gasteiger partial charge is 0.131 e. The zero-order valence-electron chi connectivity index (χ0n) is 8.95. The first kappa shape index (κ1) is 10.7. The average Bonchev–Trinajstić information content (AvgIpc) is 2.16. The fourth-order valence-corrected chi connectivity index (χ4v) is 2.21. The van der Waals surface area contributed by atoms with Crippen molar-refractivity contribution < 1.29 is 0 Å². The van der Waals surface area contributed by atoms with E-state index in [9.17, 15) is 0 Å². The molecule has 0 aliphatic carbocycles. The van der Waals surface area contributed by atoms with Crippen molar-refractivity contribution in [3.05, 3.63) is 23.4 Å². The first-order valence-electron chi connectivity index (χ1n) is 5.74. The molecule has 0 bridgehead atoms. The van der Waals surface area contributed by atoms with E-state index in [0.29, 0.717) is 5.15 Å². The van der Waals surface area contributed by atoms with E-state index in [1.807, 2.05) is 18.2 Å². The fourth-order valence-electron chi connectivity index (χ4n) is 2.05. The van der Waals surface area contributed by atoms with Crippen LogP contribution in [0.5, 0.6) is 0 Å². The van der Waals surface area contributed by atoms with Gasteiger partial charge >= 0.3 is 0 Å². The Bertz CT molecular complexity index is 306. The van der Waals surface area contributed by atoms with Gasteiger partial charge in [0.2, 0.25) is 0 Å². The van der Waals surface area contributed by atoms with Crippen molar-refractivity contribution in [3.63, 3.8) is 0 Å². The van der Waals surface area contributed by atoms with Crippen molar-refractivity contribution in [3.8, 4) is 0 Å². The summed E-state index contributed by atoms with van der Waals surface area (Å²) in [4.78, 5) is 6.71. The molecule has 1 aromatic rings. The number of aromatic nitrogens is 1. The van der Waals surface area contributed by atoms with Gasteiger partial charge in [-0.2, -0.15) is 0 Å². The minimum Gasteiger partial charge on any atom is -0.357 e. The minimum atomic E-state index is 0.592. The van der Waals surface area contributed by atoms with Crippen molar-refractivity contribution >= 4 is 17.4 Å². The molecule has 1 fully saturated rings. The zero-order chi connectivity index (χ0) is 10.5. The van der Waals surface area contributed by atoms with Crippen LogP contribution >= 0.6 is 11.6 Å². The van der Waals surface area contributed by atoms with Crippen molar-refractivity contribution in [2.24, 2.45) is 0 Å². The van der Waals surface area contributed by atoms with Gasteiger partial charge in [-0.25, -0.2) is 4.98 Å². The predicted molar refractivity (Wildman–Crippen MR) is 64.5 cm³/mol. The van der Waals surface area contributed by atoms with Gasteiger partial charge in [0.15, 0.2) is 0 Å². The molecule has 1 aromatic heterocycles. The molecule has 0 aromatic carbocycles. The van der Waals surface area contributed by atoms with Crippen molar-refractivity contribution in [2.45, 2.75) is 32.1 Å². The maximum Gasteiger partial charge on any atom is 0.131 e. The number of hydrogen-bond donors (Lipinski definition) is 0. The van der Waals surface area contributed by atoms with Crippen LogP contribution < -0.4 is 4.90 Å².